The fourth-order valence-corrected chi connectivity index (χ4v) is 1.87. The number of halogens is 1. The molecule has 0 radical (unpaired) electrons. The van der Waals surface area contributed by atoms with Gasteiger partial charge < -0.3 is 5.73 Å². The SMILES string of the molecule is C#CC(C)NC(CN)c1ccc(C)c(Br)c1. The zero-order valence-electron chi connectivity index (χ0n) is 9.63. The second-order valence-electron chi connectivity index (χ2n) is 3.85. The maximum Gasteiger partial charge on any atom is 0.0663 e. The lowest BCUT2D eigenvalue weighted by Gasteiger charge is -2.20. The average Bonchev–Trinajstić information content (AvgIpc) is 2.29. The van der Waals surface area contributed by atoms with Gasteiger partial charge in [-0.3, -0.25) is 5.32 Å². The summed E-state index contributed by atoms with van der Waals surface area (Å²) in [5.41, 5.74) is 8.12. The average molecular weight is 281 g/mol. The van der Waals surface area contributed by atoms with Gasteiger partial charge in [0.05, 0.1) is 6.04 Å². The van der Waals surface area contributed by atoms with Crippen LogP contribution in [-0.2, 0) is 0 Å². The summed E-state index contributed by atoms with van der Waals surface area (Å²) in [6, 6.07) is 6.36. The highest BCUT2D eigenvalue weighted by Gasteiger charge is 2.12. The second-order valence-corrected chi connectivity index (χ2v) is 4.71. The molecule has 2 atom stereocenters. The Bertz CT molecular complexity index is 395. The molecule has 3 heteroatoms. The molecule has 0 spiro atoms. The van der Waals surface area contributed by atoms with Crippen LogP contribution in [0.4, 0.5) is 0 Å². The lowest BCUT2D eigenvalue weighted by atomic mass is 10.0. The van der Waals surface area contributed by atoms with Crippen LogP contribution in [0.2, 0.25) is 0 Å². The van der Waals surface area contributed by atoms with Crippen molar-refractivity contribution in [2.45, 2.75) is 25.9 Å². The van der Waals surface area contributed by atoms with E-state index in [4.69, 9.17) is 12.2 Å². The van der Waals surface area contributed by atoms with Crippen molar-refractivity contribution >= 4 is 15.9 Å². The van der Waals surface area contributed by atoms with Crippen LogP contribution >= 0.6 is 15.9 Å². The maximum absolute atomic E-state index is 5.75. The zero-order valence-corrected chi connectivity index (χ0v) is 11.2. The van der Waals surface area contributed by atoms with E-state index >= 15 is 0 Å². The van der Waals surface area contributed by atoms with Crippen molar-refractivity contribution in [2.75, 3.05) is 6.54 Å². The number of nitrogens with two attached hydrogens (primary N) is 1. The normalized spacial score (nSPS) is 14.2. The van der Waals surface area contributed by atoms with Crippen molar-refractivity contribution in [1.82, 2.24) is 5.32 Å². The number of terminal acetylenes is 1. The Hall–Kier alpha value is -0.820. The summed E-state index contributed by atoms with van der Waals surface area (Å²) in [5.74, 6) is 2.65. The van der Waals surface area contributed by atoms with E-state index < -0.39 is 0 Å². The Morgan fingerprint density at radius 2 is 2.25 bits per heavy atom. The molecule has 1 aromatic rings. The molecule has 2 nitrogen and oxygen atoms in total. The Morgan fingerprint density at radius 3 is 2.75 bits per heavy atom. The third-order valence-electron chi connectivity index (χ3n) is 2.54. The first kappa shape index (κ1) is 13.2. The number of nitrogens with one attached hydrogen (secondary N) is 1. The molecule has 0 fully saturated rings. The molecule has 0 aliphatic heterocycles. The van der Waals surface area contributed by atoms with E-state index in [1.807, 2.05) is 6.92 Å². The highest BCUT2D eigenvalue weighted by Crippen LogP contribution is 2.21. The van der Waals surface area contributed by atoms with Crippen LogP contribution < -0.4 is 11.1 Å². The summed E-state index contributed by atoms with van der Waals surface area (Å²) >= 11 is 3.52. The number of aryl methyl sites for hydroxylation is 1. The fraction of sp³-hybridized carbons (Fsp3) is 0.385. The quantitative estimate of drug-likeness (QED) is 0.831. The molecule has 1 aromatic carbocycles. The van der Waals surface area contributed by atoms with Crippen LogP contribution in [0, 0.1) is 19.3 Å². The van der Waals surface area contributed by atoms with E-state index in [1.165, 1.54) is 5.56 Å². The zero-order chi connectivity index (χ0) is 12.1. The van der Waals surface area contributed by atoms with Gasteiger partial charge in [-0.25, -0.2) is 0 Å². The first-order valence-corrected chi connectivity index (χ1v) is 6.06. The van der Waals surface area contributed by atoms with Gasteiger partial charge >= 0.3 is 0 Å². The van der Waals surface area contributed by atoms with Crippen molar-refractivity contribution in [2.24, 2.45) is 5.73 Å². The molecule has 0 bridgehead atoms. The van der Waals surface area contributed by atoms with E-state index in [1.54, 1.807) is 0 Å². The molecule has 2 unspecified atom stereocenters. The third kappa shape index (κ3) is 3.34. The van der Waals surface area contributed by atoms with Crippen molar-refractivity contribution in [1.29, 1.82) is 0 Å². The van der Waals surface area contributed by atoms with Gasteiger partial charge in [-0.15, -0.1) is 6.42 Å². The Balaban J connectivity index is 2.87. The van der Waals surface area contributed by atoms with Gasteiger partial charge in [-0.2, -0.15) is 0 Å². The van der Waals surface area contributed by atoms with Crippen LogP contribution in [0.5, 0.6) is 0 Å². The van der Waals surface area contributed by atoms with E-state index in [9.17, 15) is 0 Å². The fourth-order valence-electron chi connectivity index (χ4n) is 1.48. The molecule has 16 heavy (non-hydrogen) atoms. The summed E-state index contributed by atoms with van der Waals surface area (Å²) in [6.45, 7) is 4.54. The van der Waals surface area contributed by atoms with Gasteiger partial charge in [0, 0.05) is 17.1 Å². The monoisotopic (exact) mass is 280 g/mol. The van der Waals surface area contributed by atoms with Crippen molar-refractivity contribution in [3.63, 3.8) is 0 Å². The molecule has 0 heterocycles. The van der Waals surface area contributed by atoms with Crippen molar-refractivity contribution < 1.29 is 0 Å². The van der Waals surface area contributed by atoms with Gasteiger partial charge in [0.25, 0.3) is 0 Å². The highest BCUT2D eigenvalue weighted by atomic mass is 79.9. The minimum absolute atomic E-state index is 0.0219. The first-order valence-electron chi connectivity index (χ1n) is 5.26. The Morgan fingerprint density at radius 1 is 1.56 bits per heavy atom. The second kappa shape index (κ2) is 6.05. The molecule has 1 rings (SSSR count). The minimum atomic E-state index is 0.0219. The van der Waals surface area contributed by atoms with E-state index in [-0.39, 0.29) is 12.1 Å². The third-order valence-corrected chi connectivity index (χ3v) is 3.39. The standard InChI is InChI=1S/C13H17BrN2/c1-4-10(3)16-13(8-15)11-6-5-9(2)12(14)7-11/h1,5-7,10,13,16H,8,15H2,2-3H3. The van der Waals surface area contributed by atoms with Gasteiger partial charge in [-0.05, 0) is 31.0 Å². The van der Waals surface area contributed by atoms with Crippen LogP contribution in [0.25, 0.3) is 0 Å². The minimum Gasteiger partial charge on any atom is -0.329 e. The molecule has 86 valence electrons. The number of hydrogen-bond acceptors (Lipinski definition) is 2. The summed E-state index contributed by atoms with van der Waals surface area (Å²) in [6.07, 6.45) is 5.34. The summed E-state index contributed by atoms with van der Waals surface area (Å²) in [7, 11) is 0. The van der Waals surface area contributed by atoms with Crippen molar-refractivity contribution in [3.8, 4) is 12.3 Å². The van der Waals surface area contributed by atoms with E-state index in [2.05, 4.69) is 52.3 Å². The molecule has 0 aliphatic rings. The molecular formula is C13H17BrN2. The smallest absolute Gasteiger partial charge is 0.0663 e. The van der Waals surface area contributed by atoms with Gasteiger partial charge in [0.1, 0.15) is 0 Å². The molecular weight excluding hydrogens is 264 g/mol. The van der Waals surface area contributed by atoms with Gasteiger partial charge in [0.15, 0.2) is 0 Å². The lowest BCUT2D eigenvalue weighted by molar-refractivity contribution is 0.518. The molecule has 0 aliphatic carbocycles. The predicted molar refractivity (Wildman–Crippen MR) is 72.1 cm³/mol. The van der Waals surface area contributed by atoms with Crippen LogP contribution in [-0.4, -0.2) is 12.6 Å². The molecule has 3 N–H and O–H groups in total. The molecule has 0 saturated carbocycles. The molecule has 0 amide bonds. The number of hydrogen-bond donors (Lipinski definition) is 2. The Kier molecular flexibility index (Phi) is 5.01. The van der Waals surface area contributed by atoms with Crippen LogP contribution in [0.1, 0.15) is 24.1 Å². The summed E-state index contributed by atoms with van der Waals surface area (Å²) < 4.78 is 1.10. The largest absolute Gasteiger partial charge is 0.329 e. The predicted octanol–water partition coefficient (Wildman–Crippen LogP) is 2.37. The first-order chi connectivity index (χ1) is 7.58. The topological polar surface area (TPSA) is 38.0 Å². The van der Waals surface area contributed by atoms with Crippen LogP contribution in [0.3, 0.4) is 0 Å². The highest BCUT2D eigenvalue weighted by molar-refractivity contribution is 9.10. The van der Waals surface area contributed by atoms with Gasteiger partial charge in [0.2, 0.25) is 0 Å². The number of rotatable bonds is 4. The van der Waals surface area contributed by atoms with Crippen molar-refractivity contribution in [3.05, 3.63) is 33.8 Å². The number of benzene rings is 1. The maximum atomic E-state index is 5.75. The van der Waals surface area contributed by atoms with Gasteiger partial charge in [-0.1, -0.05) is 34.0 Å². The molecule has 0 aromatic heterocycles. The summed E-state index contributed by atoms with van der Waals surface area (Å²) in [4.78, 5) is 0. The summed E-state index contributed by atoms with van der Waals surface area (Å²) in [5, 5.41) is 3.30. The molecule has 0 saturated heterocycles. The van der Waals surface area contributed by atoms with E-state index in [0.717, 1.165) is 10.0 Å². The Labute approximate surface area is 106 Å². The van der Waals surface area contributed by atoms with E-state index in [0.29, 0.717) is 6.54 Å². The van der Waals surface area contributed by atoms with Crippen LogP contribution in [0.15, 0.2) is 22.7 Å². The lowest BCUT2D eigenvalue weighted by Crippen LogP contribution is -2.34.